The van der Waals surface area contributed by atoms with Crippen molar-refractivity contribution in [3.8, 4) is 5.75 Å². The number of nitrogens with zero attached hydrogens (tertiary/aromatic N) is 1. The van der Waals surface area contributed by atoms with E-state index >= 15 is 0 Å². The lowest BCUT2D eigenvalue weighted by Gasteiger charge is -2.17. The zero-order chi connectivity index (χ0) is 17.6. The Kier molecular flexibility index (Phi) is 6.59. The van der Waals surface area contributed by atoms with Crippen LogP contribution in [0.5, 0.6) is 5.75 Å². The summed E-state index contributed by atoms with van der Waals surface area (Å²) in [6, 6.07) is 4.67. The third kappa shape index (κ3) is 4.68. The Morgan fingerprint density at radius 1 is 1.33 bits per heavy atom. The van der Waals surface area contributed by atoms with Crippen molar-refractivity contribution in [2.75, 3.05) is 32.8 Å². The Balaban J connectivity index is 1.98. The summed E-state index contributed by atoms with van der Waals surface area (Å²) in [6.07, 6.45) is 2.28. The molecular weight excluding hydrogens is 332 g/mol. The number of benzene rings is 1. The number of aliphatic hydroxyl groups is 1. The molecule has 0 aliphatic carbocycles. The van der Waals surface area contributed by atoms with Gasteiger partial charge < -0.3 is 15.2 Å². The zero-order valence-electron chi connectivity index (χ0n) is 13.8. The van der Waals surface area contributed by atoms with Crippen LogP contribution in [0.4, 0.5) is 0 Å². The van der Waals surface area contributed by atoms with Gasteiger partial charge in [-0.2, -0.15) is 4.31 Å². The zero-order valence-corrected chi connectivity index (χ0v) is 14.6. The molecule has 1 heterocycles. The average Bonchev–Trinajstić information content (AvgIpc) is 3.09. The van der Waals surface area contributed by atoms with E-state index < -0.39 is 10.0 Å². The highest BCUT2D eigenvalue weighted by molar-refractivity contribution is 7.89. The van der Waals surface area contributed by atoms with Gasteiger partial charge in [0.2, 0.25) is 10.0 Å². The lowest BCUT2D eigenvalue weighted by molar-refractivity contribution is -0.123. The van der Waals surface area contributed by atoms with E-state index in [0.717, 1.165) is 12.8 Å². The summed E-state index contributed by atoms with van der Waals surface area (Å²) >= 11 is 0. The molecule has 2 N–H and O–H groups in total. The fraction of sp³-hybridized carbons (Fsp3) is 0.562. The maximum absolute atomic E-state index is 12.5. The van der Waals surface area contributed by atoms with E-state index in [0.29, 0.717) is 37.4 Å². The molecule has 0 unspecified atom stereocenters. The maximum atomic E-state index is 12.5. The Hall–Kier alpha value is -1.64. The molecule has 7 nitrogen and oxygen atoms in total. The molecule has 0 radical (unpaired) electrons. The van der Waals surface area contributed by atoms with Crippen LogP contribution in [0.25, 0.3) is 0 Å². The minimum atomic E-state index is -3.45. The van der Waals surface area contributed by atoms with Crippen LogP contribution in [0.15, 0.2) is 23.1 Å². The molecule has 24 heavy (non-hydrogen) atoms. The second-order valence-electron chi connectivity index (χ2n) is 5.75. The summed E-state index contributed by atoms with van der Waals surface area (Å²) in [5.41, 5.74) is 0.665. The molecule has 0 saturated carbocycles. The van der Waals surface area contributed by atoms with Gasteiger partial charge in [-0.3, -0.25) is 4.79 Å². The number of carbonyl (C=O) groups is 1. The number of sulfonamides is 1. The van der Waals surface area contributed by atoms with Gasteiger partial charge in [0.15, 0.2) is 6.61 Å². The summed E-state index contributed by atoms with van der Waals surface area (Å²) in [4.78, 5) is 11.8. The normalized spacial score (nSPS) is 15.4. The van der Waals surface area contributed by atoms with Gasteiger partial charge in [-0.15, -0.1) is 0 Å². The minimum Gasteiger partial charge on any atom is -0.484 e. The quantitative estimate of drug-likeness (QED) is 0.667. The van der Waals surface area contributed by atoms with Crippen LogP contribution in [-0.4, -0.2) is 56.6 Å². The van der Waals surface area contributed by atoms with Crippen molar-refractivity contribution >= 4 is 15.9 Å². The van der Waals surface area contributed by atoms with Crippen LogP contribution < -0.4 is 10.1 Å². The molecule has 1 amide bonds. The standard InChI is InChI=1S/C16H24N2O5S/c1-13-11-14(24(21,22)18-8-2-3-9-18)5-6-15(13)23-12-16(20)17-7-4-10-19/h5-6,11,19H,2-4,7-10,12H2,1H3,(H,17,20). The second-order valence-corrected chi connectivity index (χ2v) is 7.69. The second kappa shape index (κ2) is 8.46. The maximum Gasteiger partial charge on any atom is 0.257 e. The van der Waals surface area contributed by atoms with E-state index in [1.165, 1.54) is 10.4 Å². The van der Waals surface area contributed by atoms with Gasteiger partial charge in [0.25, 0.3) is 5.91 Å². The van der Waals surface area contributed by atoms with Crippen molar-refractivity contribution in [2.45, 2.75) is 31.1 Å². The van der Waals surface area contributed by atoms with Crippen molar-refractivity contribution in [2.24, 2.45) is 0 Å². The molecule has 1 saturated heterocycles. The van der Waals surface area contributed by atoms with Gasteiger partial charge in [0, 0.05) is 26.2 Å². The van der Waals surface area contributed by atoms with E-state index in [1.807, 2.05) is 0 Å². The van der Waals surface area contributed by atoms with Gasteiger partial charge in [-0.25, -0.2) is 8.42 Å². The smallest absolute Gasteiger partial charge is 0.257 e. The Bertz CT molecular complexity index is 669. The topological polar surface area (TPSA) is 95.9 Å². The summed E-state index contributed by atoms with van der Waals surface area (Å²) < 4.78 is 32.0. The molecule has 0 aromatic heterocycles. The number of aryl methyl sites for hydroxylation is 1. The predicted molar refractivity (Wildman–Crippen MR) is 89.4 cm³/mol. The van der Waals surface area contributed by atoms with Crippen molar-refractivity contribution in [1.82, 2.24) is 9.62 Å². The largest absolute Gasteiger partial charge is 0.484 e. The van der Waals surface area contributed by atoms with Gasteiger partial charge >= 0.3 is 0 Å². The number of aliphatic hydroxyl groups excluding tert-OH is 1. The van der Waals surface area contributed by atoms with Crippen molar-refractivity contribution in [3.63, 3.8) is 0 Å². The Morgan fingerprint density at radius 3 is 2.67 bits per heavy atom. The van der Waals surface area contributed by atoms with Gasteiger partial charge in [-0.1, -0.05) is 0 Å². The van der Waals surface area contributed by atoms with Crippen LogP contribution in [0.2, 0.25) is 0 Å². The molecule has 2 rings (SSSR count). The van der Waals surface area contributed by atoms with E-state index in [2.05, 4.69) is 5.32 Å². The fourth-order valence-electron chi connectivity index (χ4n) is 2.52. The number of hydrogen-bond donors (Lipinski definition) is 2. The van der Waals surface area contributed by atoms with Crippen LogP contribution >= 0.6 is 0 Å². The predicted octanol–water partition coefficient (Wildman–Crippen LogP) is 0.657. The van der Waals surface area contributed by atoms with Gasteiger partial charge in [0.1, 0.15) is 5.75 Å². The molecule has 1 aliphatic heterocycles. The van der Waals surface area contributed by atoms with E-state index in [4.69, 9.17) is 9.84 Å². The molecule has 1 fully saturated rings. The third-order valence-electron chi connectivity index (χ3n) is 3.87. The lowest BCUT2D eigenvalue weighted by Crippen LogP contribution is -2.30. The van der Waals surface area contributed by atoms with Crippen molar-refractivity contribution in [3.05, 3.63) is 23.8 Å². The molecule has 0 spiro atoms. The minimum absolute atomic E-state index is 0.0210. The molecule has 1 aromatic rings. The molecule has 8 heteroatoms. The van der Waals surface area contributed by atoms with Crippen molar-refractivity contribution in [1.29, 1.82) is 0 Å². The molecule has 1 aromatic carbocycles. The number of hydrogen-bond acceptors (Lipinski definition) is 5. The van der Waals surface area contributed by atoms with Crippen LogP contribution in [0, 0.1) is 6.92 Å². The number of rotatable bonds is 8. The Labute approximate surface area is 142 Å². The van der Waals surface area contributed by atoms with E-state index in [1.54, 1.807) is 19.1 Å². The molecule has 1 aliphatic rings. The first-order valence-corrected chi connectivity index (χ1v) is 9.50. The van der Waals surface area contributed by atoms with Crippen molar-refractivity contribution < 1.29 is 23.1 Å². The number of carbonyl (C=O) groups excluding carboxylic acids is 1. The first-order valence-electron chi connectivity index (χ1n) is 8.06. The van der Waals surface area contributed by atoms with Crippen LogP contribution in [0.3, 0.4) is 0 Å². The summed E-state index contributed by atoms with van der Waals surface area (Å²) in [5, 5.41) is 11.3. The monoisotopic (exact) mass is 356 g/mol. The summed E-state index contributed by atoms with van der Waals surface area (Å²) in [5.74, 6) is 0.198. The molecule has 134 valence electrons. The van der Waals surface area contributed by atoms with E-state index in [-0.39, 0.29) is 24.0 Å². The summed E-state index contributed by atoms with van der Waals surface area (Å²) in [6.45, 7) is 3.14. The SMILES string of the molecule is Cc1cc(S(=O)(=O)N2CCCC2)ccc1OCC(=O)NCCCO. The van der Waals surface area contributed by atoms with Crippen LogP contribution in [0.1, 0.15) is 24.8 Å². The summed E-state index contributed by atoms with van der Waals surface area (Å²) in [7, 11) is -3.45. The highest BCUT2D eigenvalue weighted by Crippen LogP contribution is 2.26. The molecular formula is C16H24N2O5S. The number of ether oxygens (including phenoxy) is 1. The molecule has 0 bridgehead atoms. The third-order valence-corrected chi connectivity index (χ3v) is 5.76. The highest BCUT2D eigenvalue weighted by atomic mass is 32.2. The lowest BCUT2D eigenvalue weighted by atomic mass is 10.2. The molecule has 0 atom stereocenters. The first kappa shape index (κ1) is 18.7. The number of amides is 1. The van der Waals surface area contributed by atoms with Gasteiger partial charge in [-0.05, 0) is 49.9 Å². The first-order chi connectivity index (χ1) is 11.4. The van der Waals surface area contributed by atoms with Gasteiger partial charge in [0.05, 0.1) is 4.90 Å². The number of nitrogens with one attached hydrogen (secondary N) is 1. The fourth-order valence-corrected chi connectivity index (χ4v) is 4.13. The van der Waals surface area contributed by atoms with E-state index in [9.17, 15) is 13.2 Å². The Morgan fingerprint density at radius 2 is 2.04 bits per heavy atom. The van der Waals surface area contributed by atoms with Crippen LogP contribution in [-0.2, 0) is 14.8 Å². The highest BCUT2D eigenvalue weighted by Gasteiger charge is 2.27. The average molecular weight is 356 g/mol.